The first-order valence-corrected chi connectivity index (χ1v) is 6.92. The molecule has 0 bridgehead atoms. The van der Waals surface area contributed by atoms with Crippen molar-refractivity contribution < 1.29 is 19.1 Å². The topological polar surface area (TPSA) is 74.0 Å². The Morgan fingerprint density at radius 1 is 1.45 bits per heavy atom. The van der Waals surface area contributed by atoms with E-state index in [1.807, 2.05) is 0 Å². The minimum Gasteiger partial charge on any atom is -0.478 e. The van der Waals surface area contributed by atoms with Crippen molar-refractivity contribution in [3.05, 3.63) is 23.7 Å². The molecule has 0 spiro atoms. The molecular formula is C14H20N2O4. The minimum atomic E-state index is -1.09. The molecule has 0 aromatic carbocycles. The van der Waals surface area contributed by atoms with E-state index in [9.17, 15) is 9.59 Å². The van der Waals surface area contributed by atoms with Gasteiger partial charge < -0.3 is 14.4 Å². The number of furan rings is 1. The molecule has 2 rings (SSSR count). The number of likely N-dealkylation sites (N-methyl/N-ethyl adjacent to an activating group) is 1. The van der Waals surface area contributed by atoms with E-state index in [-0.39, 0.29) is 17.2 Å². The van der Waals surface area contributed by atoms with Crippen LogP contribution in [0.5, 0.6) is 0 Å². The quantitative estimate of drug-likeness (QED) is 0.885. The second-order valence-electron chi connectivity index (χ2n) is 4.92. The van der Waals surface area contributed by atoms with Crippen molar-refractivity contribution in [1.82, 2.24) is 9.80 Å². The average Bonchev–Trinajstić information content (AvgIpc) is 3.09. The molecule has 0 aliphatic carbocycles. The van der Waals surface area contributed by atoms with Gasteiger partial charge in [0.1, 0.15) is 6.26 Å². The summed E-state index contributed by atoms with van der Waals surface area (Å²) in [6.45, 7) is 7.51. The van der Waals surface area contributed by atoms with Crippen LogP contribution in [0.25, 0.3) is 0 Å². The smallest absolute Gasteiger partial charge is 0.338 e. The van der Waals surface area contributed by atoms with Crippen molar-refractivity contribution in [3.8, 4) is 0 Å². The Bertz CT molecular complexity index is 493. The van der Waals surface area contributed by atoms with Gasteiger partial charge in [-0.1, -0.05) is 13.8 Å². The fraction of sp³-hybridized carbons (Fsp3) is 0.571. The molecule has 6 heteroatoms. The number of likely N-dealkylation sites (tertiary alicyclic amines) is 1. The highest BCUT2D eigenvalue weighted by Gasteiger charge is 2.31. The highest BCUT2D eigenvalue weighted by Crippen LogP contribution is 2.19. The second-order valence-corrected chi connectivity index (χ2v) is 4.92. The molecule has 1 aliphatic rings. The molecule has 2 heterocycles. The number of carbonyl (C=O) groups is 2. The van der Waals surface area contributed by atoms with Gasteiger partial charge in [-0.15, -0.1) is 0 Å². The van der Waals surface area contributed by atoms with Crippen LogP contribution >= 0.6 is 0 Å². The first kappa shape index (κ1) is 14.6. The number of carbonyl (C=O) groups excluding carboxylic acids is 1. The third-order valence-electron chi connectivity index (χ3n) is 3.84. The number of carboxylic acid groups (broad SMARTS) is 1. The molecule has 1 unspecified atom stereocenters. The van der Waals surface area contributed by atoms with Crippen LogP contribution < -0.4 is 0 Å². The van der Waals surface area contributed by atoms with Crippen molar-refractivity contribution in [2.45, 2.75) is 26.3 Å². The third kappa shape index (κ3) is 2.85. The summed E-state index contributed by atoms with van der Waals surface area (Å²) in [5.41, 5.74) is 0.00726. The molecule has 1 atom stereocenters. The highest BCUT2D eigenvalue weighted by molar-refractivity contribution is 5.95. The van der Waals surface area contributed by atoms with Gasteiger partial charge in [-0.2, -0.15) is 0 Å². The van der Waals surface area contributed by atoms with Crippen LogP contribution in [0.4, 0.5) is 0 Å². The minimum absolute atomic E-state index is 0.00726. The summed E-state index contributed by atoms with van der Waals surface area (Å²) in [7, 11) is 0. The average molecular weight is 280 g/mol. The van der Waals surface area contributed by atoms with Crippen LogP contribution in [-0.4, -0.2) is 59.0 Å². The van der Waals surface area contributed by atoms with E-state index in [1.165, 1.54) is 6.07 Å². The van der Waals surface area contributed by atoms with Crippen molar-refractivity contribution in [1.29, 1.82) is 0 Å². The number of aromatic carboxylic acids is 1. The fourth-order valence-electron chi connectivity index (χ4n) is 2.68. The van der Waals surface area contributed by atoms with Gasteiger partial charge in [0.25, 0.3) is 5.91 Å². The van der Waals surface area contributed by atoms with Gasteiger partial charge in [0.2, 0.25) is 0 Å². The normalized spacial score (nSPS) is 18.8. The van der Waals surface area contributed by atoms with Gasteiger partial charge >= 0.3 is 5.97 Å². The molecule has 1 aromatic rings. The second kappa shape index (κ2) is 6.09. The number of rotatable bonds is 5. The molecule has 110 valence electrons. The van der Waals surface area contributed by atoms with Crippen LogP contribution in [0.15, 0.2) is 16.7 Å². The van der Waals surface area contributed by atoms with E-state index in [0.717, 1.165) is 25.8 Å². The van der Waals surface area contributed by atoms with E-state index in [1.54, 1.807) is 4.90 Å². The summed E-state index contributed by atoms with van der Waals surface area (Å²) in [4.78, 5) is 27.1. The summed E-state index contributed by atoms with van der Waals surface area (Å²) in [6.07, 6.45) is 2.05. The van der Waals surface area contributed by atoms with Crippen LogP contribution in [0.2, 0.25) is 0 Å². The number of nitrogens with zero attached hydrogens (tertiary/aromatic N) is 2. The molecule has 0 saturated carbocycles. The van der Waals surface area contributed by atoms with E-state index in [2.05, 4.69) is 18.7 Å². The Labute approximate surface area is 118 Å². The largest absolute Gasteiger partial charge is 0.478 e. The zero-order chi connectivity index (χ0) is 14.7. The van der Waals surface area contributed by atoms with Crippen LogP contribution in [-0.2, 0) is 0 Å². The summed E-state index contributed by atoms with van der Waals surface area (Å²) in [6, 6.07) is 1.66. The number of hydrogen-bond acceptors (Lipinski definition) is 4. The molecule has 0 radical (unpaired) electrons. The molecule has 1 fully saturated rings. The Kier molecular flexibility index (Phi) is 4.44. The van der Waals surface area contributed by atoms with Gasteiger partial charge in [0.15, 0.2) is 5.76 Å². The predicted molar refractivity (Wildman–Crippen MR) is 72.9 cm³/mol. The Hall–Kier alpha value is -1.82. The maximum Gasteiger partial charge on any atom is 0.338 e. The molecule has 1 saturated heterocycles. The van der Waals surface area contributed by atoms with E-state index < -0.39 is 5.97 Å². The van der Waals surface area contributed by atoms with E-state index >= 15 is 0 Å². The molecule has 6 nitrogen and oxygen atoms in total. The Morgan fingerprint density at radius 2 is 2.15 bits per heavy atom. The maximum atomic E-state index is 12.2. The van der Waals surface area contributed by atoms with E-state index in [0.29, 0.717) is 19.1 Å². The van der Waals surface area contributed by atoms with Crippen LogP contribution in [0.1, 0.15) is 41.2 Å². The lowest BCUT2D eigenvalue weighted by molar-refractivity contribution is 0.0694. The van der Waals surface area contributed by atoms with Crippen LogP contribution in [0, 0.1) is 0 Å². The number of amides is 1. The molecule has 1 amide bonds. The molecule has 1 aromatic heterocycles. The molecule has 1 aliphatic heterocycles. The summed E-state index contributed by atoms with van der Waals surface area (Å²) < 4.78 is 5.06. The summed E-state index contributed by atoms with van der Waals surface area (Å²) in [5.74, 6) is -1.22. The first-order chi connectivity index (χ1) is 9.56. The fourth-order valence-corrected chi connectivity index (χ4v) is 2.68. The van der Waals surface area contributed by atoms with Crippen molar-refractivity contribution in [3.63, 3.8) is 0 Å². The number of carboxylic acids is 1. The number of hydrogen-bond donors (Lipinski definition) is 1. The van der Waals surface area contributed by atoms with Gasteiger partial charge in [0, 0.05) is 25.2 Å². The van der Waals surface area contributed by atoms with Gasteiger partial charge in [-0.3, -0.25) is 9.69 Å². The summed E-state index contributed by atoms with van der Waals surface area (Å²) >= 11 is 0. The Balaban J connectivity index is 2.02. The van der Waals surface area contributed by atoms with E-state index in [4.69, 9.17) is 9.52 Å². The standard InChI is InChI=1S/C14H20N2O4/c1-3-15(4-2)11-5-6-16(8-11)13(17)12-7-10(9-20-12)14(18)19/h7,9,11H,3-6,8H2,1-2H3,(H,18,19). The lowest BCUT2D eigenvalue weighted by Crippen LogP contribution is -2.38. The van der Waals surface area contributed by atoms with Crippen molar-refractivity contribution in [2.75, 3.05) is 26.2 Å². The zero-order valence-electron chi connectivity index (χ0n) is 11.8. The highest BCUT2D eigenvalue weighted by atomic mass is 16.4. The Morgan fingerprint density at radius 3 is 2.70 bits per heavy atom. The van der Waals surface area contributed by atoms with Crippen LogP contribution in [0.3, 0.4) is 0 Å². The molecular weight excluding hydrogens is 260 g/mol. The lowest BCUT2D eigenvalue weighted by Gasteiger charge is -2.25. The maximum absolute atomic E-state index is 12.2. The van der Waals surface area contributed by atoms with Gasteiger partial charge in [0.05, 0.1) is 5.56 Å². The summed E-state index contributed by atoms with van der Waals surface area (Å²) in [5, 5.41) is 8.83. The molecule has 1 N–H and O–H groups in total. The predicted octanol–water partition coefficient (Wildman–Crippen LogP) is 1.53. The first-order valence-electron chi connectivity index (χ1n) is 6.92. The monoisotopic (exact) mass is 280 g/mol. The lowest BCUT2D eigenvalue weighted by atomic mass is 10.2. The van der Waals surface area contributed by atoms with Crippen molar-refractivity contribution >= 4 is 11.9 Å². The SMILES string of the molecule is CCN(CC)C1CCN(C(=O)c2cc(C(=O)O)co2)C1. The molecule has 20 heavy (non-hydrogen) atoms. The third-order valence-corrected chi connectivity index (χ3v) is 3.84. The van der Waals surface area contributed by atoms with Crippen molar-refractivity contribution in [2.24, 2.45) is 0 Å². The van der Waals surface area contributed by atoms with Gasteiger partial charge in [-0.25, -0.2) is 4.79 Å². The van der Waals surface area contributed by atoms with Gasteiger partial charge in [-0.05, 0) is 19.5 Å². The zero-order valence-corrected chi connectivity index (χ0v) is 11.8.